The Morgan fingerprint density at radius 1 is 1.18 bits per heavy atom. The molecule has 0 aliphatic carbocycles. The molecule has 17 heavy (non-hydrogen) atoms. The van der Waals surface area contributed by atoms with Crippen LogP contribution in [0.1, 0.15) is 19.3 Å². The normalized spacial score (nSPS) is 28.6. The van der Waals surface area contributed by atoms with Crippen LogP contribution in [0.15, 0.2) is 0 Å². The summed E-state index contributed by atoms with van der Waals surface area (Å²) in [6.07, 6.45) is 2.67. The first kappa shape index (κ1) is 13.3. The van der Waals surface area contributed by atoms with Gasteiger partial charge >= 0.3 is 0 Å². The highest BCUT2D eigenvalue weighted by molar-refractivity contribution is 7.89. The van der Waals surface area contributed by atoms with Crippen molar-refractivity contribution in [2.75, 3.05) is 38.6 Å². The van der Waals surface area contributed by atoms with Gasteiger partial charge in [-0.25, -0.2) is 12.7 Å². The molecule has 0 spiro atoms. The molecule has 1 atom stereocenters. The van der Waals surface area contributed by atoms with Crippen molar-refractivity contribution >= 4 is 10.0 Å². The van der Waals surface area contributed by atoms with Crippen LogP contribution in [0.4, 0.5) is 0 Å². The molecule has 100 valence electrons. The van der Waals surface area contributed by atoms with Crippen LogP contribution < -0.4 is 5.73 Å². The third-order valence-corrected chi connectivity index (χ3v) is 5.82. The second-order valence-electron chi connectivity index (χ2n) is 5.09. The van der Waals surface area contributed by atoms with Gasteiger partial charge in [0, 0.05) is 19.7 Å². The molecular formula is C11H22N2O3S. The molecule has 2 heterocycles. The van der Waals surface area contributed by atoms with E-state index >= 15 is 0 Å². The lowest BCUT2D eigenvalue weighted by Gasteiger charge is -2.31. The summed E-state index contributed by atoms with van der Waals surface area (Å²) in [7, 11) is -3.09. The van der Waals surface area contributed by atoms with E-state index < -0.39 is 10.0 Å². The Labute approximate surface area is 103 Å². The molecule has 2 fully saturated rings. The molecule has 0 bridgehead atoms. The van der Waals surface area contributed by atoms with Crippen LogP contribution in [0.5, 0.6) is 0 Å². The third kappa shape index (κ3) is 3.40. The van der Waals surface area contributed by atoms with E-state index in [9.17, 15) is 8.42 Å². The monoisotopic (exact) mass is 262 g/mol. The Balaban J connectivity index is 1.87. The van der Waals surface area contributed by atoms with E-state index in [1.54, 1.807) is 4.31 Å². The van der Waals surface area contributed by atoms with E-state index in [0.717, 1.165) is 19.3 Å². The maximum Gasteiger partial charge on any atom is 0.214 e. The quantitative estimate of drug-likeness (QED) is 0.775. The number of rotatable bonds is 4. The third-order valence-electron chi connectivity index (χ3n) is 3.77. The molecule has 0 radical (unpaired) electrons. The highest BCUT2D eigenvalue weighted by Crippen LogP contribution is 2.22. The van der Waals surface area contributed by atoms with Gasteiger partial charge in [0.15, 0.2) is 0 Å². The first-order chi connectivity index (χ1) is 8.12. The number of nitrogens with zero attached hydrogens (tertiary/aromatic N) is 1. The first-order valence-electron chi connectivity index (χ1n) is 6.37. The molecule has 2 rings (SSSR count). The Kier molecular flexibility index (Phi) is 4.41. The van der Waals surface area contributed by atoms with Gasteiger partial charge in [-0.1, -0.05) is 0 Å². The summed E-state index contributed by atoms with van der Waals surface area (Å²) < 4.78 is 31.2. The minimum absolute atomic E-state index is 0.187. The maximum absolute atomic E-state index is 12.2. The van der Waals surface area contributed by atoms with Crippen molar-refractivity contribution in [1.82, 2.24) is 4.31 Å². The van der Waals surface area contributed by atoms with E-state index in [1.807, 2.05) is 0 Å². The number of piperidine rings is 1. The van der Waals surface area contributed by atoms with Crippen LogP contribution in [0, 0.1) is 11.8 Å². The van der Waals surface area contributed by atoms with Crippen molar-refractivity contribution in [3.05, 3.63) is 0 Å². The molecule has 0 aromatic heterocycles. The zero-order chi connectivity index (χ0) is 12.3. The number of hydrogen-bond acceptors (Lipinski definition) is 4. The maximum atomic E-state index is 12.2. The van der Waals surface area contributed by atoms with E-state index in [4.69, 9.17) is 10.5 Å². The summed E-state index contributed by atoms with van der Waals surface area (Å²) in [5.41, 5.74) is 5.61. The lowest BCUT2D eigenvalue weighted by atomic mass is 9.99. The molecule has 2 N–H and O–H groups in total. The Morgan fingerprint density at radius 3 is 2.41 bits per heavy atom. The number of ether oxygens (including phenoxy) is 1. The average molecular weight is 262 g/mol. The van der Waals surface area contributed by atoms with Crippen molar-refractivity contribution in [3.63, 3.8) is 0 Å². The lowest BCUT2D eigenvalue weighted by molar-refractivity contribution is 0.188. The number of sulfonamides is 1. The van der Waals surface area contributed by atoms with Crippen LogP contribution in [0.3, 0.4) is 0 Å². The topological polar surface area (TPSA) is 72.6 Å². The molecule has 0 aromatic rings. The summed E-state index contributed by atoms with van der Waals surface area (Å²) in [6.45, 7) is 3.24. The van der Waals surface area contributed by atoms with Gasteiger partial charge < -0.3 is 10.5 Å². The first-order valence-corrected chi connectivity index (χ1v) is 7.98. The van der Waals surface area contributed by atoms with Gasteiger partial charge in [-0.3, -0.25) is 0 Å². The molecule has 5 nitrogen and oxygen atoms in total. The Morgan fingerprint density at radius 2 is 1.88 bits per heavy atom. The van der Waals surface area contributed by atoms with Crippen LogP contribution in [-0.2, 0) is 14.8 Å². The Bertz CT molecular complexity index is 331. The van der Waals surface area contributed by atoms with Crippen LogP contribution in [0.25, 0.3) is 0 Å². The minimum Gasteiger partial charge on any atom is -0.381 e. The molecule has 2 aliphatic rings. The largest absolute Gasteiger partial charge is 0.381 e. The summed E-state index contributed by atoms with van der Waals surface area (Å²) in [4.78, 5) is 0. The zero-order valence-corrected chi connectivity index (χ0v) is 11.0. The molecule has 1 unspecified atom stereocenters. The fraction of sp³-hybridized carbons (Fsp3) is 1.00. The van der Waals surface area contributed by atoms with Gasteiger partial charge in [0.2, 0.25) is 10.0 Å². The zero-order valence-electron chi connectivity index (χ0n) is 10.2. The van der Waals surface area contributed by atoms with Crippen molar-refractivity contribution in [2.45, 2.75) is 19.3 Å². The van der Waals surface area contributed by atoms with E-state index in [0.29, 0.717) is 38.8 Å². The number of hydrogen-bond donors (Lipinski definition) is 1. The van der Waals surface area contributed by atoms with Crippen LogP contribution >= 0.6 is 0 Å². The average Bonchev–Trinajstić information content (AvgIpc) is 2.81. The van der Waals surface area contributed by atoms with Gasteiger partial charge in [-0.05, 0) is 37.6 Å². The van der Waals surface area contributed by atoms with E-state index in [2.05, 4.69) is 0 Å². The van der Waals surface area contributed by atoms with Gasteiger partial charge in [0.1, 0.15) is 0 Å². The highest BCUT2D eigenvalue weighted by atomic mass is 32.2. The van der Waals surface area contributed by atoms with Gasteiger partial charge in [-0.2, -0.15) is 0 Å². The smallest absolute Gasteiger partial charge is 0.214 e. The minimum atomic E-state index is -3.09. The molecule has 0 saturated carbocycles. The second kappa shape index (κ2) is 5.65. The van der Waals surface area contributed by atoms with Crippen LogP contribution in [-0.4, -0.2) is 51.3 Å². The van der Waals surface area contributed by atoms with Crippen molar-refractivity contribution in [2.24, 2.45) is 17.6 Å². The Hall–Kier alpha value is -0.170. The lowest BCUT2D eigenvalue weighted by Crippen LogP contribution is -2.42. The molecule has 0 amide bonds. The van der Waals surface area contributed by atoms with Gasteiger partial charge in [0.25, 0.3) is 0 Å². The van der Waals surface area contributed by atoms with Gasteiger partial charge in [-0.15, -0.1) is 0 Å². The fourth-order valence-corrected chi connectivity index (χ4v) is 4.38. The molecule has 2 saturated heterocycles. The molecular weight excluding hydrogens is 240 g/mol. The van der Waals surface area contributed by atoms with Crippen molar-refractivity contribution in [3.8, 4) is 0 Å². The molecule has 6 heteroatoms. The predicted octanol–water partition coefficient (Wildman–Crippen LogP) is 0.0234. The van der Waals surface area contributed by atoms with Gasteiger partial charge in [0.05, 0.1) is 12.4 Å². The van der Waals surface area contributed by atoms with Crippen molar-refractivity contribution in [1.29, 1.82) is 0 Å². The second-order valence-corrected chi connectivity index (χ2v) is 7.10. The SMILES string of the molecule is NCC1CCN(S(=O)(=O)CC2CCOC2)CC1. The number of nitrogens with two attached hydrogens (primary N) is 1. The predicted molar refractivity (Wildman–Crippen MR) is 66.1 cm³/mol. The summed E-state index contributed by atoms with van der Waals surface area (Å²) >= 11 is 0. The van der Waals surface area contributed by atoms with Crippen molar-refractivity contribution < 1.29 is 13.2 Å². The fourth-order valence-electron chi connectivity index (χ4n) is 2.54. The summed E-state index contributed by atoms with van der Waals surface area (Å²) in [5, 5.41) is 0. The van der Waals surface area contributed by atoms with Crippen LogP contribution in [0.2, 0.25) is 0 Å². The molecule has 2 aliphatic heterocycles. The highest BCUT2D eigenvalue weighted by Gasteiger charge is 2.31. The standard InChI is InChI=1S/C11H22N2O3S/c12-7-10-1-4-13(5-2-10)17(14,15)9-11-3-6-16-8-11/h10-11H,1-9,12H2. The summed E-state index contributed by atoms with van der Waals surface area (Å²) in [5.74, 6) is 0.934. The van der Waals surface area contributed by atoms with E-state index in [1.165, 1.54) is 0 Å². The van der Waals surface area contributed by atoms with E-state index in [-0.39, 0.29) is 11.7 Å². The summed E-state index contributed by atoms with van der Waals surface area (Å²) in [6, 6.07) is 0. The molecule has 0 aromatic carbocycles.